The second-order valence-electron chi connectivity index (χ2n) is 1.83. The Kier molecular flexibility index (Phi) is 3.71. The van der Waals surface area contributed by atoms with Gasteiger partial charge in [0.1, 0.15) is 0 Å². The highest BCUT2D eigenvalue weighted by atomic mass is 16.4. The van der Waals surface area contributed by atoms with Crippen LogP contribution in [0, 0.1) is 0 Å². The van der Waals surface area contributed by atoms with Crippen molar-refractivity contribution in [2.45, 2.75) is 19.4 Å². The smallest absolute Gasteiger partial charge is 0.327 e. The zero-order valence-corrected chi connectivity index (χ0v) is 5.24. The first-order valence-corrected chi connectivity index (χ1v) is 2.70. The van der Waals surface area contributed by atoms with Gasteiger partial charge in [0.25, 0.3) is 0 Å². The monoisotopic (exact) mass is 130 g/mol. The first kappa shape index (κ1) is 8.17. The topological polar surface area (TPSA) is 57.5 Å². The van der Waals surface area contributed by atoms with Gasteiger partial charge in [-0.3, -0.25) is 0 Å². The van der Waals surface area contributed by atoms with Crippen molar-refractivity contribution in [1.82, 2.24) is 0 Å². The number of aliphatic carboxylic acids is 1. The highest BCUT2D eigenvalue weighted by Crippen LogP contribution is 1.89. The van der Waals surface area contributed by atoms with Gasteiger partial charge in [-0.05, 0) is 13.3 Å². The third-order valence-corrected chi connectivity index (χ3v) is 0.738. The van der Waals surface area contributed by atoms with E-state index in [-0.39, 0.29) is 0 Å². The molecule has 3 heteroatoms. The van der Waals surface area contributed by atoms with Gasteiger partial charge >= 0.3 is 5.97 Å². The van der Waals surface area contributed by atoms with Crippen LogP contribution in [0.4, 0.5) is 0 Å². The lowest BCUT2D eigenvalue weighted by Gasteiger charge is -1.93. The van der Waals surface area contributed by atoms with E-state index < -0.39 is 12.1 Å². The summed E-state index contributed by atoms with van der Waals surface area (Å²) in [6.45, 7) is 1.60. The Balaban J connectivity index is 3.36. The summed E-state index contributed by atoms with van der Waals surface area (Å²) in [5.74, 6) is -0.976. The maximum atomic E-state index is 9.81. The molecule has 52 valence electrons. The quantitative estimate of drug-likeness (QED) is 0.543. The van der Waals surface area contributed by atoms with Crippen molar-refractivity contribution in [2.75, 3.05) is 0 Å². The van der Waals surface area contributed by atoms with E-state index in [2.05, 4.69) is 0 Å². The minimum atomic E-state index is -0.976. The van der Waals surface area contributed by atoms with Gasteiger partial charge in [0.15, 0.2) is 0 Å². The molecule has 0 amide bonds. The predicted octanol–water partition coefficient (Wildman–Crippen LogP) is 0.398. The van der Waals surface area contributed by atoms with E-state index in [4.69, 9.17) is 10.2 Å². The number of carboxylic acid groups (broad SMARTS) is 1. The molecular weight excluding hydrogens is 120 g/mol. The Morgan fingerprint density at radius 3 is 2.67 bits per heavy atom. The van der Waals surface area contributed by atoms with E-state index in [9.17, 15) is 4.79 Å². The maximum Gasteiger partial charge on any atom is 0.327 e. The second-order valence-corrected chi connectivity index (χ2v) is 1.83. The van der Waals surface area contributed by atoms with Gasteiger partial charge < -0.3 is 10.2 Å². The summed E-state index contributed by atoms with van der Waals surface area (Å²) in [4.78, 5) is 9.81. The zero-order chi connectivity index (χ0) is 7.28. The van der Waals surface area contributed by atoms with E-state index in [1.165, 1.54) is 6.08 Å². The Labute approximate surface area is 53.6 Å². The number of aliphatic hydroxyl groups excluding tert-OH is 1. The number of hydrogen-bond acceptors (Lipinski definition) is 2. The molecule has 0 aromatic carbocycles. The van der Waals surface area contributed by atoms with Crippen LogP contribution in [-0.2, 0) is 4.79 Å². The lowest BCUT2D eigenvalue weighted by molar-refractivity contribution is -0.131. The fourth-order valence-electron chi connectivity index (χ4n) is 0.366. The van der Waals surface area contributed by atoms with E-state index in [0.29, 0.717) is 6.42 Å². The largest absolute Gasteiger partial charge is 0.478 e. The molecule has 9 heavy (non-hydrogen) atoms. The van der Waals surface area contributed by atoms with Crippen molar-refractivity contribution in [3.05, 3.63) is 12.2 Å². The van der Waals surface area contributed by atoms with Crippen molar-refractivity contribution in [3.8, 4) is 0 Å². The highest BCUT2D eigenvalue weighted by Gasteiger charge is 1.89. The summed E-state index contributed by atoms with van der Waals surface area (Å²) in [7, 11) is 0. The predicted molar refractivity (Wildman–Crippen MR) is 33.1 cm³/mol. The minimum absolute atomic E-state index is 0.395. The molecule has 1 atom stereocenters. The van der Waals surface area contributed by atoms with Gasteiger partial charge in [0.2, 0.25) is 0 Å². The average Bonchev–Trinajstić information content (AvgIpc) is 1.63. The first-order valence-electron chi connectivity index (χ1n) is 2.70. The lowest BCUT2D eigenvalue weighted by atomic mass is 10.3. The summed E-state index contributed by atoms with van der Waals surface area (Å²) >= 11 is 0. The summed E-state index contributed by atoms with van der Waals surface area (Å²) in [6.07, 6.45) is 2.38. The van der Waals surface area contributed by atoms with Gasteiger partial charge in [-0.2, -0.15) is 0 Å². The molecule has 0 fully saturated rings. The lowest BCUT2D eigenvalue weighted by Crippen LogP contribution is -1.96. The molecule has 0 aliphatic heterocycles. The van der Waals surface area contributed by atoms with Crippen LogP contribution >= 0.6 is 0 Å². The third-order valence-electron chi connectivity index (χ3n) is 0.738. The molecule has 0 radical (unpaired) electrons. The molecule has 2 N–H and O–H groups in total. The number of carbonyl (C=O) groups is 1. The van der Waals surface area contributed by atoms with Gasteiger partial charge in [0, 0.05) is 6.08 Å². The van der Waals surface area contributed by atoms with Crippen molar-refractivity contribution >= 4 is 5.97 Å². The molecule has 0 saturated heterocycles. The fraction of sp³-hybridized carbons (Fsp3) is 0.500. The van der Waals surface area contributed by atoms with Crippen molar-refractivity contribution < 1.29 is 15.0 Å². The van der Waals surface area contributed by atoms with Crippen LogP contribution in [0.2, 0.25) is 0 Å². The molecule has 0 rings (SSSR count). The second kappa shape index (κ2) is 4.09. The molecule has 0 unspecified atom stereocenters. The molecular formula is C6H10O3. The molecule has 0 aliphatic carbocycles. The molecule has 0 spiro atoms. The number of rotatable bonds is 3. The Morgan fingerprint density at radius 2 is 2.33 bits per heavy atom. The van der Waals surface area contributed by atoms with Gasteiger partial charge in [-0.25, -0.2) is 4.79 Å². The highest BCUT2D eigenvalue weighted by molar-refractivity contribution is 5.79. The van der Waals surface area contributed by atoms with Crippen LogP contribution < -0.4 is 0 Å². The van der Waals surface area contributed by atoms with E-state index in [0.717, 1.165) is 6.08 Å². The van der Waals surface area contributed by atoms with Crippen LogP contribution in [0.15, 0.2) is 12.2 Å². The third kappa shape index (κ3) is 7.17. The summed E-state index contributed by atoms with van der Waals surface area (Å²) in [5, 5.41) is 16.7. The summed E-state index contributed by atoms with van der Waals surface area (Å²) in [6, 6.07) is 0. The summed E-state index contributed by atoms with van der Waals surface area (Å²) < 4.78 is 0. The van der Waals surface area contributed by atoms with Crippen molar-refractivity contribution in [2.24, 2.45) is 0 Å². The Hall–Kier alpha value is -0.830. The van der Waals surface area contributed by atoms with E-state index >= 15 is 0 Å². The van der Waals surface area contributed by atoms with Crippen LogP contribution in [0.5, 0.6) is 0 Å². The average molecular weight is 130 g/mol. The van der Waals surface area contributed by atoms with Gasteiger partial charge in [-0.1, -0.05) is 6.08 Å². The molecule has 3 nitrogen and oxygen atoms in total. The normalized spacial score (nSPS) is 14.0. The SMILES string of the molecule is C[C@@H](O)C/C=C/C(=O)O. The van der Waals surface area contributed by atoms with Crippen LogP contribution in [0.3, 0.4) is 0 Å². The standard InChI is InChI=1S/C6H10O3/c1-5(7)3-2-4-6(8)9/h2,4-5,7H,3H2,1H3,(H,8,9)/b4-2+/t5-/m1/s1. The van der Waals surface area contributed by atoms with E-state index in [1.807, 2.05) is 0 Å². The molecule has 0 bridgehead atoms. The number of hydrogen-bond donors (Lipinski definition) is 2. The Bertz CT molecular complexity index is 115. The molecule has 0 saturated carbocycles. The van der Waals surface area contributed by atoms with Crippen molar-refractivity contribution in [1.29, 1.82) is 0 Å². The zero-order valence-electron chi connectivity index (χ0n) is 5.24. The van der Waals surface area contributed by atoms with Crippen LogP contribution in [0.25, 0.3) is 0 Å². The van der Waals surface area contributed by atoms with Crippen molar-refractivity contribution in [3.63, 3.8) is 0 Å². The molecule has 0 heterocycles. The van der Waals surface area contributed by atoms with Crippen LogP contribution in [-0.4, -0.2) is 22.3 Å². The number of carboxylic acids is 1. The Morgan fingerprint density at radius 1 is 1.78 bits per heavy atom. The molecule has 0 aromatic heterocycles. The minimum Gasteiger partial charge on any atom is -0.478 e. The molecule has 0 aliphatic rings. The van der Waals surface area contributed by atoms with Gasteiger partial charge in [-0.15, -0.1) is 0 Å². The maximum absolute atomic E-state index is 9.81. The van der Waals surface area contributed by atoms with Gasteiger partial charge in [0.05, 0.1) is 6.10 Å². The van der Waals surface area contributed by atoms with Crippen LogP contribution in [0.1, 0.15) is 13.3 Å². The molecule has 0 aromatic rings. The fourth-order valence-corrected chi connectivity index (χ4v) is 0.366. The first-order chi connectivity index (χ1) is 4.13. The summed E-state index contributed by atoms with van der Waals surface area (Å²) in [5.41, 5.74) is 0. The van der Waals surface area contributed by atoms with E-state index in [1.54, 1.807) is 6.92 Å². The number of aliphatic hydroxyl groups is 1.